The number of carbonyl (C=O) groups excluding carboxylic acids is 1. The Morgan fingerprint density at radius 3 is 2.58 bits per heavy atom. The fraction of sp³-hybridized carbons (Fsp3) is 0.217. The number of benzene rings is 2. The van der Waals surface area contributed by atoms with Crippen molar-refractivity contribution < 1.29 is 23.4 Å². The number of ether oxygens (including phenoxy) is 1. The fourth-order valence-corrected chi connectivity index (χ4v) is 4.96. The first-order valence-corrected chi connectivity index (χ1v) is 11.0. The fourth-order valence-electron chi connectivity index (χ4n) is 4.46. The van der Waals surface area contributed by atoms with Crippen molar-refractivity contribution in [1.82, 2.24) is 9.58 Å². The van der Waals surface area contributed by atoms with Gasteiger partial charge in [0.1, 0.15) is 18.0 Å². The topological polar surface area (TPSA) is 75.0 Å². The van der Waals surface area contributed by atoms with E-state index in [-0.39, 0.29) is 18.1 Å². The summed E-state index contributed by atoms with van der Waals surface area (Å²) in [7, 11) is 1.56. The summed E-state index contributed by atoms with van der Waals surface area (Å²) in [5, 5.41) is 12.3. The van der Waals surface area contributed by atoms with Gasteiger partial charge in [-0.05, 0) is 17.7 Å². The first-order chi connectivity index (χ1) is 15.8. The third-order valence-corrected chi connectivity index (χ3v) is 6.75. The number of aromatic nitrogens is 1. The molecule has 0 saturated heterocycles. The molecule has 33 heavy (non-hydrogen) atoms. The van der Waals surface area contributed by atoms with Gasteiger partial charge in [-0.15, -0.1) is 0 Å². The lowest BCUT2D eigenvalue weighted by molar-refractivity contribution is 0.0573. The average Bonchev–Trinajstić information content (AvgIpc) is 2.78. The van der Waals surface area contributed by atoms with Crippen LogP contribution in [0.3, 0.4) is 0 Å². The molecule has 10 heteroatoms. The first-order valence-electron chi connectivity index (χ1n) is 10.2. The van der Waals surface area contributed by atoms with Gasteiger partial charge in [-0.25, -0.2) is 8.78 Å². The summed E-state index contributed by atoms with van der Waals surface area (Å²) in [6.45, 7) is 0.126. The largest absolute Gasteiger partial charge is 0.502 e. The Labute approximate surface area is 195 Å². The maximum Gasteiger partial charge on any atom is 0.277 e. The molecule has 2 aromatic carbocycles. The molecule has 2 aliphatic heterocycles. The smallest absolute Gasteiger partial charge is 0.277 e. The van der Waals surface area contributed by atoms with E-state index in [9.17, 15) is 23.5 Å². The highest BCUT2D eigenvalue weighted by Gasteiger charge is 2.43. The van der Waals surface area contributed by atoms with E-state index in [4.69, 9.17) is 4.74 Å². The molecule has 0 fully saturated rings. The number of nitrogens with zero attached hydrogens (tertiary/aromatic N) is 3. The van der Waals surface area contributed by atoms with Gasteiger partial charge >= 0.3 is 0 Å². The van der Waals surface area contributed by atoms with Crippen LogP contribution in [0, 0.1) is 11.6 Å². The minimum Gasteiger partial charge on any atom is -0.502 e. The molecule has 1 amide bonds. The molecule has 0 bridgehead atoms. The van der Waals surface area contributed by atoms with Crippen molar-refractivity contribution in [3.63, 3.8) is 0 Å². The summed E-state index contributed by atoms with van der Waals surface area (Å²) in [4.78, 5) is 26.7. The molecular formula is C23H18BrF2N3O4. The standard InChI is InChI=1S/C23H18BrF2N3O4/c1-27-19-7-9-33-18-11-16(26)15(25)10-13(18)20(12-4-2-3-5-14(12)24)29(19)28-8-6-17(30)22(31)21(28)23(27)32/h2-6,8,10-11,19-20,31H,7,9H2,1H3/t19-,20+/m1/s1. The first kappa shape index (κ1) is 21.4. The molecule has 0 radical (unpaired) electrons. The third-order valence-electron chi connectivity index (χ3n) is 6.02. The summed E-state index contributed by atoms with van der Waals surface area (Å²) in [5.41, 5.74) is 0.122. The van der Waals surface area contributed by atoms with Gasteiger partial charge < -0.3 is 14.7 Å². The SMILES string of the molecule is CN1C(=O)c2c(O)c(=O)ccn2N2[C@@H](c3ccccc3Br)c3cc(F)c(F)cc3OCC[C@H]12. The van der Waals surface area contributed by atoms with E-state index in [1.807, 2.05) is 18.2 Å². The number of hydrogen-bond acceptors (Lipinski definition) is 5. The van der Waals surface area contributed by atoms with Crippen LogP contribution < -0.4 is 15.2 Å². The van der Waals surface area contributed by atoms with Crippen molar-refractivity contribution in [3.05, 3.63) is 91.8 Å². The number of pyridine rings is 1. The molecule has 2 atom stereocenters. The lowest BCUT2D eigenvalue weighted by Crippen LogP contribution is -2.62. The molecule has 7 nitrogen and oxygen atoms in total. The van der Waals surface area contributed by atoms with Crippen LogP contribution in [0.1, 0.15) is 34.1 Å². The number of carbonyl (C=O) groups is 1. The van der Waals surface area contributed by atoms with Crippen LogP contribution in [0.25, 0.3) is 0 Å². The van der Waals surface area contributed by atoms with Gasteiger partial charge in [0, 0.05) is 41.8 Å². The molecule has 0 saturated carbocycles. The second kappa shape index (κ2) is 7.87. The van der Waals surface area contributed by atoms with Crippen LogP contribution in [-0.4, -0.2) is 40.4 Å². The highest BCUT2D eigenvalue weighted by molar-refractivity contribution is 9.10. The van der Waals surface area contributed by atoms with Gasteiger partial charge in [0.15, 0.2) is 23.1 Å². The zero-order valence-electron chi connectivity index (χ0n) is 17.3. The Morgan fingerprint density at radius 2 is 1.82 bits per heavy atom. The van der Waals surface area contributed by atoms with Crippen LogP contribution in [0.5, 0.6) is 11.5 Å². The van der Waals surface area contributed by atoms with E-state index in [0.29, 0.717) is 22.0 Å². The van der Waals surface area contributed by atoms with E-state index >= 15 is 0 Å². The molecular weight excluding hydrogens is 500 g/mol. The van der Waals surface area contributed by atoms with E-state index in [1.165, 1.54) is 15.8 Å². The molecule has 5 rings (SSSR count). The van der Waals surface area contributed by atoms with Crippen molar-refractivity contribution in [2.24, 2.45) is 0 Å². The number of rotatable bonds is 1. The molecule has 1 aromatic heterocycles. The van der Waals surface area contributed by atoms with Gasteiger partial charge in [-0.2, -0.15) is 0 Å². The average molecular weight is 518 g/mol. The van der Waals surface area contributed by atoms with Gasteiger partial charge in [0.2, 0.25) is 5.43 Å². The zero-order valence-corrected chi connectivity index (χ0v) is 18.9. The van der Waals surface area contributed by atoms with Crippen LogP contribution in [0.4, 0.5) is 8.78 Å². The monoisotopic (exact) mass is 517 g/mol. The van der Waals surface area contributed by atoms with Crippen molar-refractivity contribution in [2.45, 2.75) is 18.6 Å². The van der Waals surface area contributed by atoms with Crippen molar-refractivity contribution in [1.29, 1.82) is 0 Å². The molecule has 0 unspecified atom stereocenters. The lowest BCUT2D eigenvalue weighted by atomic mass is 9.94. The Morgan fingerprint density at radius 1 is 1.09 bits per heavy atom. The number of halogens is 3. The van der Waals surface area contributed by atoms with E-state index in [1.54, 1.807) is 18.1 Å². The van der Waals surface area contributed by atoms with Crippen molar-refractivity contribution in [3.8, 4) is 11.5 Å². The predicted octanol–water partition coefficient (Wildman–Crippen LogP) is 3.52. The van der Waals surface area contributed by atoms with E-state index in [0.717, 1.165) is 18.2 Å². The van der Waals surface area contributed by atoms with Crippen LogP contribution in [0.15, 0.2) is 57.9 Å². The highest BCUT2D eigenvalue weighted by Crippen LogP contribution is 2.43. The lowest BCUT2D eigenvalue weighted by Gasteiger charge is -2.50. The minimum atomic E-state index is -1.05. The number of hydrogen-bond donors (Lipinski definition) is 1. The van der Waals surface area contributed by atoms with Crippen LogP contribution >= 0.6 is 15.9 Å². The number of fused-ring (bicyclic) bond motifs is 4. The highest BCUT2D eigenvalue weighted by atomic mass is 79.9. The normalized spacial score (nSPS) is 19.7. The minimum absolute atomic E-state index is 0.126. The Bertz CT molecular complexity index is 1350. The quantitative estimate of drug-likeness (QED) is 0.534. The Hall–Kier alpha value is -3.40. The van der Waals surface area contributed by atoms with E-state index in [2.05, 4.69) is 15.9 Å². The van der Waals surface area contributed by atoms with Crippen molar-refractivity contribution in [2.75, 3.05) is 18.7 Å². The molecule has 0 aliphatic carbocycles. The van der Waals surface area contributed by atoms with Crippen molar-refractivity contribution >= 4 is 21.8 Å². The molecule has 0 spiro atoms. The molecule has 170 valence electrons. The number of aromatic hydroxyl groups is 1. The van der Waals surface area contributed by atoms with Gasteiger partial charge in [0.05, 0.1) is 6.61 Å². The zero-order chi connectivity index (χ0) is 23.4. The second-order valence-electron chi connectivity index (χ2n) is 7.86. The van der Waals surface area contributed by atoms with Crippen LogP contribution in [-0.2, 0) is 0 Å². The molecule has 3 heterocycles. The maximum atomic E-state index is 14.5. The second-order valence-corrected chi connectivity index (χ2v) is 8.72. The molecule has 2 aliphatic rings. The van der Waals surface area contributed by atoms with Gasteiger partial charge in [-0.3, -0.25) is 19.3 Å². The summed E-state index contributed by atoms with van der Waals surface area (Å²) in [6.07, 6.45) is 1.15. The maximum absolute atomic E-state index is 14.5. The van der Waals surface area contributed by atoms with Gasteiger partial charge in [-0.1, -0.05) is 34.1 Å². The molecule has 3 aromatic rings. The Balaban J connectivity index is 1.87. The summed E-state index contributed by atoms with van der Waals surface area (Å²) < 4.78 is 36.6. The third kappa shape index (κ3) is 3.28. The number of amides is 1. The summed E-state index contributed by atoms with van der Waals surface area (Å²) in [6, 6.07) is 9.73. The predicted molar refractivity (Wildman–Crippen MR) is 119 cm³/mol. The Kier molecular flexibility index (Phi) is 5.12. The van der Waals surface area contributed by atoms with Crippen LogP contribution in [0.2, 0.25) is 0 Å². The molecule has 1 N–H and O–H groups in total. The summed E-state index contributed by atoms with van der Waals surface area (Å²) >= 11 is 3.55. The van der Waals surface area contributed by atoms with Gasteiger partial charge in [0.25, 0.3) is 5.91 Å². The summed E-state index contributed by atoms with van der Waals surface area (Å²) in [5.74, 6) is -3.13. The van der Waals surface area contributed by atoms with E-state index < -0.39 is 40.9 Å².